The number of nitrogens with zero attached hydrogens (tertiary/aromatic N) is 1. The summed E-state index contributed by atoms with van der Waals surface area (Å²) in [6, 6.07) is 6.40. The Morgan fingerprint density at radius 3 is 2.91 bits per heavy atom. The molecular weight excluding hydrogens is 285 g/mol. The van der Waals surface area contributed by atoms with Gasteiger partial charge < -0.3 is 10.0 Å². The lowest BCUT2D eigenvalue weighted by Crippen LogP contribution is -2.44. The molecule has 2 rings (SSSR count). The molecule has 120 valence electrons. The molecular formula is C17H22FNO3. The third-order valence-corrected chi connectivity index (χ3v) is 4.26. The number of carboxylic acids is 1. The molecule has 0 unspecified atom stereocenters. The van der Waals surface area contributed by atoms with E-state index in [1.165, 1.54) is 12.1 Å². The van der Waals surface area contributed by atoms with E-state index in [-0.39, 0.29) is 17.6 Å². The van der Waals surface area contributed by atoms with Crippen LogP contribution in [-0.2, 0) is 16.0 Å². The molecule has 1 N–H and O–H groups in total. The Kier molecular flexibility index (Phi) is 5.52. The third kappa shape index (κ3) is 4.29. The van der Waals surface area contributed by atoms with Crippen LogP contribution in [0.2, 0.25) is 0 Å². The van der Waals surface area contributed by atoms with E-state index < -0.39 is 11.9 Å². The van der Waals surface area contributed by atoms with Gasteiger partial charge in [0, 0.05) is 19.0 Å². The Hall–Kier alpha value is -1.91. The van der Waals surface area contributed by atoms with Crippen molar-refractivity contribution in [3.8, 4) is 0 Å². The van der Waals surface area contributed by atoms with Gasteiger partial charge in [-0.25, -0.2) is 4.39 Å². The summed E-state index contributed by atoms with van der Waals surface area (Å²) >= 11 is 0. The van der Waals surface area contributed by atoms with Crippen molar-refractivity contribution in [2.45, 2.75) is 32.6 Å². The SMILES string of the molecule is C[C@H](CCc1cccc(F)c1)C(=O)N1CCC[C@H](C(=O)O)C1. The minimum Gasteiger partial charge on any atom is -0.481 e. The van der Waals surface area contributed by atoms with Crippen LogP contribution in [-0.4, -0.2) is 35.0 Å². The van der Waals surface area contributed by atoms with Gasteiger partial charge in [0.25, 0.3) is 0 Å². The number of amides is 1. The minimum absolute atomic E-state index is 0.00218. The number of aliphatic carboxylic acids is 1. The molecule has 4 nitrogen and oxygen atoms in total. The van der Waals surface area contributed by atoms with Gasteiger partial charge in [0.05, 0.1) is 5.92 Å². The summed E-state index contributed by atoms with van der Waals surface area (Å²) in [6.07, 6.45) is 2.65. The van der Waals surface area contributed by atoms with Gasteiger partial charge in [-0.05, 0) is 43.4 Å². The third-order valence-electron chi connectivity index (χ3n) is 4.26. The van der Waals surface area contributed by atoms with Gasteiger partial charge >= 0.3 is 5.97 Å². The van der Waals surface area contributed by atoms with E-state index in [2.05, 4.69) is 0 Å². The topological polar surface area (TPSA) is 57.6 Å². The molecule has 1 aromatic carbocycles. The number of benzene rings is 1. The van der Waals surface area contributed by atoms with Gasteiger partial charge in [-0.1, -0.05) is 19.1 Å². The maximum absolute atomic E-state index is 13.1. The van der Waals surface area contributed by atoms with Crippen molar-refractivity contribution in [3.63, 3.8) is 0 Å². The number of halogens is 1. The van der Waals surface area contributed by atoms with Crippen LogP contribution in [0.25, 0.3) is 0 Å². The molecule has 1 saturated heterocycles. The normalized spacial score (nSPS) is 19.7. The Balaban J connectivity index is 1.87. The number of hydrogen-bond acceptors (Lipinski definition) is 2. The number of carbonyl (C=O) groups excluding carboxylic acids is 1. The first-order valence-electron chi connectivity index (χ1n) is 7.73. The van der Waals surface area contributed by atoms with Gasteiger partial charge in [0.15, 0.2) is 0 Å². The van der Waals surface area contributed by atoms with Crippen LogP contribution in [0.3, 0.4) is 0 Å². The fourth-order valence-corrected chi connectivity index (χ4v) is 2.89. The summed E-state index contributed by atoms with van der Waals surface area (Å²) < 4.78 is 13.1. The standard InChI is InChI=1S/C17H22FNO3/c1-12(7-8-13-4-2-6-15(18)10-13)16(20)19-9-3-5-14(11-19)17(21)22/h2,4,6,10,12,14H,3,5,7-9,11H2,1H3,(H,21,22)/t12-,14+/m1/s1. The van der Waals surface area contributed by atoms with Gasteiger partial charge in [0.2, 0.25) is 5.91 Å². The molecule has 1 amide bonds. The number of carboxylic acid groups (broad SMARTS) is 1. The summed E-state index contributed by atoms with van der Waals surface area (Å²) in [5.74, 6) is -1.73. The number of carbonyl (C=O) groups is 2. The fraction of sp³-hybridized carbons (Fsp3) is 0.529. The molecule has 22 heavy (non-hydrogen) atoms. The van der Waals surface area contributed by atoms with E-state index in [0.717, 1.165) is 12.0 Å². The average molecular weight is 307 g/mol. The maximum Gasteiger partial charge on any atom is 0.308 e. The molecule has 1 aromatic rings. The van der Waals surface area contributed by atoms with Gasteiger partial charge in [-0.2, -0.15) is 0 Å². The van der Waals surface area contributed by atoms with Crippen molar-refractivity contribution in [3.05, 3.63) is 35.6 Å². The minimum atomic E-state index is -0.829. The zero-order valence-corrected chi connectivity index (χ0v) is 12.8. The first-order valence-corrected chi connectivity index (χ1v) is 7.73. The quantitative estimate of drug-likeness (QED) is 0.910. The number of piperidine rings is 1. The highest BCUT2D eigenvalue weighted by molar-refractivity contribution is 5.79. The van der Waals surface area contributed by atoms with E-state index in [9.17, 15) is 14.0 Å². The van der Waals surface area contributed by atoms with E-state index >= 15 is 0 Å². The monoisotopic (exact) mass is 307 g/mol. The van der Waals surface area contributed by atoms with Gasteiger partial charge in [-0.3, -0.25) is 9.59 Å². The summed E-state index contributed by atoms with van der Waals surface area (Å²) in [7, 11) is 0. The van der Waals surface area contributed by atoms with Crippen molar-refractivity contribution in [2.24, 2.45) is 11.8 Å². The van der Waals surface area contributed by atoms with Crippen LogP contribution in [0.15, 0.2) is 24.3 Å². The molecule has 1 aliphatic rings. The number of aryl methyl sites for hydroxylation is 1. The lowest BCUT2D eigenvalue weighted by Gasteiger charge is -2.32. The summed E-state index contributed by atoms with van der Waals surface area (Å²) in [5.41, 5.74) is 0.877. The van der Waals surface area contributed by atoms with E-state index in [4.69, 9.17) is 5.11 Å². The van der Waals surface area contributed by atoms with Crippen LogP contribution in [0.1, 0.15) is 31.7 Å². The lowest BCUT2D eigenvalue weighted by atomic mass is 9.95. The van der Waals surface area contributed by atoms with Crippen LogP contribution in [0.4, 0.5) is 4.39 Å². The molecule has 1 aliphatic heterocycles. The van der Waals surface area contributed by atoms with E-state index in [1.54, 1.807) is 11.0 Å². The number of rotatable bonds is 5. The zero-order valence-electron chi connectivity index (χ0n) is 12.8. The number of likely N-dealkylation sites (tertiary alicyclic amines) is 1. The summed E-state index contributed by atoms with van der Waals surface area (Å²) in [6.45, 7) is 2.79. The largest absolute Gasteiger partial charge is 0.481 e. The Labute approximate surface area is 129 Å². The fourth-order valence-electron chi connectivity index (χ4n) is 2.89. The van der Waals surface area contributed by atoms with Crippen molar-refractivity contribution in [1.82, 2.24) is 4.90 Å². The molecule has 0 bridgehead atoms. The Bertz CT molecular complexity index is 546. The first kappa shape index (κ1) is 16.5. The highest BCUT2D eigenvalue weighted by atomic mass is 19.1. The Morgan fingerprint density at radius 1 is 1.45 bits per heavy atom. The van der Waals surface area contributed by atoms with Crippen LogP contribution in [0.5, 0.6) is 0 Å². The molecule has 1 fully saturated rings. The van der Waals surface area contributed by atoms with Crippen LogP contribution < -0.4 is 0 Å². The van der Waals surface area contributed by atoms with Crippen molar-refractivity contribution < 1.29 is 19.1 Å². The molecule has 0 saturated carbocycles. The molecule has 5 heteroatoms. The van der Waals surface area contributed by atoms with Crippen LogP contribution >= 0.6 is 0 Å². The van der Waals surface area contributed by atoms with E-state index in [0.29, 0.717) is 32.4 Å². The molecule has 1 heterocycles. The summed E-state index contributed by atoms with van der Waals surface area (Å²) in [4.78, 5) is 25.1. The van der Waals surface area contributed by atoms with Crippen molar-refractivity contribution in [1.29, 1.82) is 0 Å². The molecule has 0 spiro atoms. The van der Waals surface area contributed by atoms with Gasteiger partial charge in [-0.15, -0.1) is 0 Å². The second-order valence-electron chi connectivity index (χ2n) is 6.03. The Morgan fingerprint density at radius 2 is 2.23 bits per heavy atom. The molecule has 0 radical (unpaired) electrons. The highest BCUT2D eigenvalue weighted by Gasteiger charge is 2.29. The van der Waals surface area contributed by atoms with E-state index in [1.807, 2.05) is 13.0 Å². The van der Waals surface area contributed by atoms with Crippen LogP contribution in [0, 0.1) is 17.7 Å². The predicted octanol–water partition coefficient (Wildman–Crippen LogP) is 2.72. The predicted molar refractivity (Wildman–Crippen MR) is 80.8 cm³/mol. The van der Waals surface area contributed by atoms with Crippen molar-refractivity contribution in [2.75, 3.05) is 13.1 Å². The smallest absolute Gasteiger partial charge is 0.308 e. The zero-order chi connectivity index (χ0) is 16.1. The second kappa shape index (κ2) is 7.38. The maximum atomic E-state index is 13.1. The molecule has 0 aliphatic carbocycles. The first-order chi connectivity index (χ1) is 10.5. The van der Waals surface area contributed by atoms with Gasteiger partial charge in [0.1, 0.15) is 5.82 Å². The molecule has 0 aromatic heterocycles. The average Bonchev–Trinajstić information content (AvgIpc) is 2.52. The summed E-state index contributed by atoms with van der Waals surface area (Å²) in [5, 5.41) is 9.08. The highest BCUT2D eigenvalue weighted by Crippen LogP contribution is 2.20. The lowest BCUT2D eigenvalue weighted by molar-refractivity contribution is -0.146. The second-order valence-corrected chi connectivity index (χ2v) is 6.03. The molecule has 2 atom stereocenters. The van der Waals surface area contributed by atoms with Crippen molar-refractivity contribution >= 4 is 11.9 Å². The number of hydrogen-bond donors (Lipinski definition) is 1.